The summed E-state index contributed by atoms with van der Waals surface area (Å²) in [5, 5.41) is 19.6. The molecule has 88 valence electrons. The zero-order valence-corrected chi connectivity index (χ0v) is 9.81. The van der Waals surface area contributed by atoms with Gasteiger partial charge in [-0.05, 0) is 24.2 Å². The SMILES string of the molecule is CCC(=O)C[C@H]1C[C@@H](C(C)C)[C@H](O)[C@@H]1O. The Labute approximate surface area is 91.5 Å². The molecule has 15 heavy (non-hydrogen) atoms. The molecule has 0 heterocycles. The van der Waals surface area contributed by atoms with Gasteiger partial charge in [-0.2, -0.15) is 0 Å². The summed E-state index contributed by atoms with van der Waals surface area (Å²) in [6, 6.07) is 0. The normalized spacial score (nSPS) is 36.1. The maximum Gasteiger partial charge on any atom is 0.133 e. The van der Waals surface area contributed by atoms with E-state index in [1.165, 1.54) is 0 Å². The van der Waals surface area contributed by atoms with Gasteiger partial charge in [-0.15, -0.1) is 0 Å². The third kappa shape index (κ3) is 2.79. The van der Waals surface area contributed by atoms with Crippen LogP contribution in [0.5, 0.6) is 0 Å². The topological polar surface area (TPSA) is 57.5 Å². The van der Waals surface area contributed by atoms with E-state index >= 15 is 0 Å². The molecule has 0 aromatic rings. The van der Waals surface area contributed by atoms with E-state index in [1.54, 1.807) is 0 Å². The second-order valence-corrected chi connectivity index (χ2v) is 4.98. The number of carbonyl (C=O) groups excluding carboxylic acids is 1. The molecule has 1 aliphatic rings. The Balaban J connectivity index is 2.59. The first-order valence-corrected chi connectivity index (χ1v) is 5.85. The highest BCUT2D eigenvalue weighted by Crippen LogP contribution is 2.38. The maximum absolute atomic E-state index is 11.3. The number of ketones is 1. The summed E-state index contributed by atoms with van der Waals surface area (Å²) in [5.41, 5.74) is 0. The van der Waals surface area contributed by atoms with E-state index in [9.17, 15) is 15.0 Å². The number of aliphatic hydroxyl groups excluding tert-OH is 2. The zero-order valence-electron chi connectivity index (χ0n) is 9.81. The molecule has 0 bridgehead atoms. The molecule has 1 saturated carbocycles. The van der Waals surface area contributed by atoms with E-state index < -0.39 is 12.2 Å². The predicted octanol–water partition coefficient (Wildman–Crippen LogP) is 1.37. The van der Waals surface area contributed by atoms with Crippen LogP contribution in [-0.2, 0) is 4.79 Å². The summed E-state index contributed by atoms with van der Waals surface area (Å²) in [6.07, 6.45) is 0.336. The molecule has 0 amide bonds. The molecule has 0 spiro atoms. The van der Waals surface area contributed by atoms with Gasteiger partial charge in [0.1, 0.15) is 5.78 Å². The monoisotopic (exact) mass is 214 g/mol. The summed E-state index contributed by atoms with van der Waals surface area (Å²) < 4.78 is 0. The first kappa shape index (κ1) is 12.7. The maximum atomic E-state index is 11.3. The van der Waals surface area contributed by atoms with Crippen molar-refractivity contribution in [3.63, 3.8) is 0 Å². The number of Topliss-reactive ketones (excluding diaryl/α,β-unsaturated/α-hetero) is 1. The van der Waals surface area contributed by atoms with Crippen molar-refractivity contribution in [2.24, 2.45) is 17.8 Å². The van der Waals surface area contributed by atoms with Gasteiger partial charge in [-0.1, -0.05) is 20.8 Å². The number of carbonyl (C=O) groups is 1. The molecular formula is C12H22O3. The average molecular weight is 214 g/mol. The highest BCUT2D eigenvalue weighted by Gasteiger charge is 2.42. The second kappa shape index (κ2) is 5.08. The standard InChI is InChI=1S/C12H22O3/c1-4-9(13)5-8-6-10(7(2)3)12(15)11(8)14/h7-8,10-12,14-15H,4-6H2,1-3H3/t8-,10-,11+,12-/m0/s1. The van der Waals surface area contributed by atoms with E-state index in [-0.39, 0.29) is 17.6 Å². The smallest absolute Gasteiger partial charge is 0.133 e. The van der Waals surface area contributed by atoms with Crippen LogP contribution in [0.1, 0.15) is 40.0 Å². The number of rotatable bonds is 4. The van der Waals surface area contributed by atoms with Gasteiger partial charge in [-0.3, -0.25) is 4.79 Å². The fourth-order valence-electron chi connectivity index (χ4n) is 2.47. The Bertz CT molecular complexity index is 225. The Morgan fingerprint density at radius 2 is 1.93 bits per heavy atom. The third-order valence-electron chi connectivity index (χ3n) is 3.59. The summed E-state index contributed by atoms with van der Waals surface area (Å²) in [6.45, 7) is 5.93. The lowest BCUT2D eigenvalue weighted by Crippen LogP contribution is -2.30. The molecule has 1 aliphatic carbocycles. The minimum atomic E-state index is -0.715. The molecular weight excluding hydrogens is 192 g/mol. The van der Waals surface area contributed by atoms with Gasteiger partial charge >= 0.3 is 0 Å². The molecule has 0 aromatic carbocycles. The van der Waals surface area contributed by atoms with Crippen LogP contribution in [0.3, 0.4) is 0 Å². The summed E-state index contributed by atoms with van der Waals surface area (Å²) in [7, 11) is 0. The minimum Gasteiger partial charge on any atom is -0.390 e. The molecule has 1 fully saturated rings. The Morgan fingerprint density at radius 1 is 1.33 bits per heavy atom. The van der Waals surface area contributed by atoms with Crippen LogP contribution in [0.4, 0.5) is 0 Å². The highest BCUT2D eigenvalue weighted by atomic mass is 16.3. The van der Waals surface area contributed by atoms with Crippen LogP contribution in [0.25, 0.3) is 0 Å². The van der Waals surface area contributed by atoms with Crippen molar-refractivity contribution >= 4 is 5.78 Å². The molecule has 4 atom stereocenters. The Morgan fingerprint density at radius 3 is 2.33 bits per heavy atom. The second-order valence-electron chi connectivity index (χ2n) is 4.98. The molecule has 0 aromatic heterocycles. The first-order valence-electron chi connectivity index (χ1n) is 5.85. The van der Waals surface area contributed by atoms with E-state index in [4.69, 9.17) is 0 Å². The van der Waals surface area contributed by atoms with Gasteiger partial charge in [0.2, 0.25) is 0 Å². The van der Waals surface area contributed by atoms with Crippen molar-refractivity contribution in [2.75, 3.05) is 0 Å². The fourth-order valence-corrected chi connectivity index (χ4v) is 2.47. The lowest BCUT2D eigenvalue weighted by atomic mass is 9.91. The average Bonchev–Trinajstić information content (AvgIpc) is 2.46. The predicted molar refractivity (Wildman–Crippen MR) is 58.4 cm³/mol. The molecule has 2 N–H and O–H groups in total. The fraction of sp³-hybridized carbons (Fsp3) is 0.917. The van der Waals surface area contributed by atoms with Crippen LogP contribution in [0.15, 0.2) is 0 Å². The number of aliphatic hydroxyl groups is 2. The lowest BCUT2D eigenvalue weighted by Gasteiger charge is -2.19. The van der Waals surface area contributed by atoms with E-state index in [0.717, 1.165) is 6.42 Å². The van der Waals surface area contributed by atoms with Crippen molar-refractivity contribution < 1.29 is 15.0 Å². The summed E-state index contributed by atoms with van der Waals surface area (Å²) in [4.78, 5) is 11.3. The van der Waals surface area contributed by atoms with Crippen molar-refractivity contribution in [3.8, 4) is 0 Å². The van der Waals surface area contributed by atoms with Crippen molar-refractivity contribution in [1.82, 2.24) is 0 Å². The largest absolute Gasteiger partial charge is 0.390 e. The Kier molecular flexibility index (Phi) is 4.29. The highest BCUT2D eigenvalue weighted by molar-refractivity contribution is 5.78. The van der Waals surface area contributed by atoms with Crippen LogP contribution in [0, 0.1) is 17.8 Å². The number of hydrogen-bond donors (Lipinski definition) is 2. The van der Waals surface area contributed by atoms with Crippen molar-refractivity contribution in [1.29, 1.82) is 0 Å². The van der Waals surface area contributed by atoms with Gasteiger partial charge < -0.3 is 10.2 Å². The quantitative estimate of drug-likeness (QED) is 0.743. The molecule has 0 radical (unpaired) electrons. The van der Waals surface area contributed by atoms with E-state index in [1.807, 2.05) is 20.8 Å². The molecule has 3 heteroatoms. The van der Waals surface area contributed by atoms with Crippen molar-refractivity contribution in [3.05, 3.63) is 0 Å². The molecule has 0 unspecified atom stereocenters. The summed E-state index contributed by atoms with van der Waals surface area (Å²) >= 11 is 0. The molecule has 1 rings (SSSR count). The molecule has 3 nitrogen and oxygen atoms in total. The van der Waals surface area contributed by atoms with E-state index in [2.05, 4.69) is 0 Å². The van der Waals surface area contributed by atoms with Crippen molar-refractivity contribution in [2.45, 2.75) is 52.2 Å². The van der Waals surface area contributed by atoms with Gasteiger partial charge in [0.25, 0.3) is 0 Å². The third-order valence-corrected chi connectivity index (χ3v) is 3.59. The van der Waals surface area contributed by atoms with Crippen LogP contribution < -0.4 is 0 Å². The minimum absolute atomic E-state index is 0.0418. The molecule has 0 saturated heterocycles. The number of hydrogen-bond acceptors (Lipinski definition) is 3. The van der Waals surface area contributed by atoms with Crippen LogP contribution in [-0.4, -0.2) is 28.2 Å². The first-order chi connectivity index (χ1) is 6.97. The Hall–Kier alpha value is -0.410. The van der Waals surface area contributed by atoms with Gasteiger partial charge in [0, 0.05) is 12.8 Å². The van der Waals surface area contributed by atoms with Gasteiger partial charge in [0.15, 0.2) is 0 Å². The summed E-state index contributed by atoms with van der Waals surface area (Å²) in [5.74, 6) is 0.626. The van der Waals surface area contributed by atoms with Crippen LogP contribution in [0.2, 0.25) is 0 Å². The van der Waals surface area contributed by atoms with E-state index in [0.29, 0.717) is 18.8 Å². The van der Waals surface area contributed by atoms with Gasteiger partial charge in [0.05, 0.1) is 12.2 Å². The lowest BCUT2D eigenvalue weighted by molar-refractivity contribution is -0.120. The zero-order chi connectivity index (χ0) is 11.6. The molecule has 0 aliphatic heterocycles. The van der Waals surface area contributed by atoms with Crippen LogP contribution >= 0.6 is 0 Å². The van der Waals surface area contributed by atoms with Gasteiger partial charge in [-0.25, -0.2) is 0 Å².